The third-order valence-corrected chi connectivity index (χ3v) is 3.76. The minimum Gasteiger partial charge on any atom is -0.369 e. The highest BCUT2D eigenvalue weighted by Gasteiger charge is 2.32. The maximum atomic E-state index is 11.4. The maximum absolute atomic E-state index is 11.4. The molecule has 2 nitrogen and oxygen atoms in total. The van der Waals surface area contributed by atoms with Crippen molar-refractivity contribution in [1.82, 2.24) is 0 Å². The van der Waals surface area contributed by atoms with Gasteiger partial charge in [-0.25, -0.2) is 0 Å². The predicted octanol–water partition coefficient (Wildman–Crippen LogP) is 2.96. The van der Waals surface area contributed by atoms with Crippen molar-refractivity contribution in [1.29, 1.82) is 0 Å². The largest absolute Gasteiger partial charge is 0.369 e. The molecule has 2 N–H and O–H groups in total. The molecule has 2 heteroatoms. The highest BCUT2D eigenvalue weighted by molar-refractivity contribution is 5.77. The van der Waals surface area contributed by atoms with Gasteiger partial charge in [-0.15, -0.1) is 0 Å². The average Bonchev–Trinajstić information content (AvgIpc) is 2.16. The minimum absolute atomic E-state index is 0.0738. The zero-order valence-electron chi connectivity index (χ0n) is 10.3. The SMILES string of the molecule is CC(C)CC(C)C1CCCCC1C(N)=O. The van der Waals surface area contributed by atoms with Crippen LogP contribution in [0.4, 0.5) is 0 Å². The first-order valence-electron chi connectivity index (χ1n) is 6.31. The lowest BCUT2D eigenvalue weighted by Crippen LogP contribution is -2.35. The number of carbonyl (C=O) groups is 1. The first-order valence-corrected chi connectivity index (χ1v) is 6.31. The molecule has 1 aliphatic carbocycles. The summed E-state index contributed by atoms with van der Waals surface area (Å²) in [7, 11) is 0. The van der Waals surface area contributed by atoms with Gasteiger partial charge < -0.3 is 5.73 Å². The summed E-state index contributed by atoms with van der Waals surface area (Å²) in [5, 5.41) is 0. The van der Waals surface area contributed by atoms with Gasteiger partial charge in [-0.3, -0.25) is 4.79 Å². The van der Waals surface area contributed by atoms with Gasteiger partial charge in [0.25, 0.3) is 0 Å². The molecule has 1 fully saturated rings. The molecule has 0 bridgehead atoms. The van der Waals surface area contributed by atoms with E-state index in [1.165, 1.54) is 25.7 Å². The zero-order valence-corrected chi connectivity index (χ0v) is 10.3. The van der Waals surface area contributed by atoms with Crippen LogP contribution in [0.2, 0.25) is 0 Å². The van der Waals surface area contributed by atoms with Gasteiger partial charge >= 0.3 is 0 Å². The molecule has 15 heavy (non-hydrogen) atoms. The van der Waals surface area contributed by atoms with Crippen molar-refractivity contribution in [2.24, 2.45) is 29.4 Å². The number of hydrogen-bond donors (Lipinski definition) is 1. The summed E-state index contributed by atoms with van der Waals surface area (Å²) in [4.78, 5) is 11.4. The Bertz CT molecular complexity index is 213. The lowest BCUT2D eigenvalue weighted by atomic mass is 9.70. The monoisotopic (exact) mass is 211 g/mol. The molecule has 3 unspecified atom stereocenters. The number of carbonyl (C=O) groups excluding carboxylic acids is 1. The summed E-state index contributed by atoms with van der Waals surface area (Å²) >= 11 is 0. The van der Waals surface area contributed by atoms with Gasteiger partial charge in [0, 0.05) is 5.92 Å². The van der Waals surface area contributed by atoms with Crippen LogP contribution in [0, 0.1) is 23.7 Å². The lowest BCUT2D eigenvalue weighted by molar-refractivity contribution is -0.125. The topological polar surface area (TPSA) is 43.1 Å². The fourth-order valence-electron chi connectivity index (χ4n) is 3.11. The van der Waals surface area contributed by atoms with Crippen molar-refractivity contribution in [3.8, 4) is 0 Å². The van der Waals surface area contributed by atoms with Crippen LogP contribution >= 0.6 is 0 Å². The van der Waals surface area contributed by atoms with Crippen molar-refractivity contribution >= 4 is 5.91 Å². The zero-order chi connectivity index (χ0) is 11.4. The second-order valence-corrected chi connectivity index (χ2v) is 5.56. The van der Waals surface area contributed by atoms with Crippen LogP contribution in [0.1, 0.15) is 52.9 Å². The van der Waals surface area contributed by atoms with Gasteiger partial charge in [0.1, 0.15) is 0 Å². The second-order valence-electron chi connectivity index (χ2n) is 5.56. The summed E-state index contributed by atoms with van der Waals surface area (Å²) in [6.07, 6.45) is 5.88. The van der Waals surface area contributed by atoms with E-state index in [1.54, 1.807) is 0 Å². The molecule has 0 spiro atoms. The number of nitrogens with two attached hydrogens (primary N) is 1. The van der Waals surface area contributed by atoms with Crippen LogP contribution in [-0.4, -0.2) is 5.91 Å². The van der Waals surface area contributed by atoms with Gasteiger partial charge in [-0.05, 0) is 37.0 Å². The van der Waals surface area contributed by atoms with Gasteiger partial charge in [0.15, 0.2) is 0 Å². The van der Waals surface area contributed by atoms with Crippen LogP contribution in [0.5, 0.6) is 0 Å². The molecule has 0 heterocycles. The second kappa shape index (κ2) is 5.53. The smallest absolute Gasteiger partial charge is 0.220 e. The minimum atomic E-state index is -0.0738. The molecule has 0 aromatic rings. The maximum Gasteiger partial charge on any atom is 0.220 e. The van der Waals surface area contributed by atoms with Crippen LogP contribution < -0.4 is 5.73 Å². The molecule has 0 aromatic carbocycles. The van der Waals surface area contributed by atoms with E-state index < -0.39 is 0 Å². The van der Waals surface area contributed by atoms with E-state index in [9.17, 15) is 4.79 Å². The van der Waals surface area contributed by atoms with E-state index in [2.05, 4.69) is 20.8 Å². The third-order valence-electron chi connectivity index (χ3n) is 3.76. The van der Waals surface area contributed by atoms with Crippen LogP contribution in [0.15, 0.2) is 0 Å². The number of primary amides is 1. The first kappa shape index (κ1) is 12.5. The summed E-state index contributed by atoms with van der Waals surface area (Å²) in [5.74, 6) is 1.97. The van der Waals surface area contributed by atoms with E-state index >= 15 is 0 Å². The van der Waals surface area contributed by atoms with E-state index in [0.717, 1.165) is 12.3 Å². The van der Waals surface area contributed by atoms with E-state index in [-0.39, 0.29) is 11.8 Å². The molecule has 1 amide bonds. The van der Waals surface area contributed by atoms with Crippen LogP contribution in [0.3, 0.4) is 0 Å². The normalized spacial score (nSPS) is 29.1. The summed E-state index contributed by atoms with van der Waals surface area (Å²) in [5.41, 5.74) is 5.49. The summed E-state index contributed by atoms with van der Waals surface area (Å²) < 4.78 is 0. The van der Waals surface area contributed by atoms with Crippen molar-refractivity contribution < 1.29 is 4.79 Å². The molecule has 3 atom stereocenters. The Morgan fingerprint density at radius 3 is 2.40 bits per heavy atom. The molecule has 88 valence electrons. The Balaban J connectivity index is 2.59. The third kappa shape index (κ3) is 3.51. The first-order chi connectivity index (χ1) is 7.02. The lowest BCUT2D eigenvalue weighted by Gasteiger charge is -2.34. The standard InChI is InChI=1S/C13H25NO/c1-9(2)8-10(3)11-6-4-5-7-12(11)13(14)15/h9-12H,4-8H2,1-3H3,(H2,14,15). The predicted molar refractivity (Wildman–Crippen MR) is 63.3 cm³/mol. The fraction of sp³-hybridized carbons (Fsp3) is 0.923. The van der Waals surface area contributed by atoms with Gasteiger partial charge in [0.2, 0.25) is 5.91 Å². The quantitative estimate of drug-likeness (QED) is 0.763. The van der Waals surface area contributed by atoms with Gasteiger partial charge in [-0.1, -0.05) is 33.6 Å². The number of rotatable bonds is 4. The Morgan fingerprint density at radius 2 is 1.87 bits per heavy atom. The number of hydrogen-bond acceptors (Lipinski definition) is 1. The Labute approximate surface area is 93.6 Å². The van der Waals surface area contributed by atoms with E-state index in [1.807, 2.05) is 0 Å². The summed E-state index contributed by atoms with van der Waals surface area (Å²) in [6, 6.07) is 0. The summed E-state index contributed by atoms with van der Waals surface area (Å²) in [6.45, 7) is 6.78. The molecule has 0 aromatic heterocycles. The molecule has 0 aliphatic heterocycles. The van der Waals surface area contributed by atoms with Crippen molar-refractivity contribution in [3.63, 3.8) is 0 Å². The molecule has 0 saturated heterocycles. The van der Waals surface area contributed by atoms with E-state index in [4.69, 9.17) is 5.73 Å². The number of amides is 1. The van der Waals surface area contributed by atoms with Gasteiger partial charge in [0.05, 0.1) is 0 Å². The van der Waals surface area contributed by atoms with Gasteiger partial charge in [-0.2, -0.15) is 0 Å². The molecular formula is C13H25NO. The Hall–Kier alpha value is -0.530. The van der Waals surface area contributed by atoms with Crippen molar-refractivity contribution in [3.05, 3.63) is 0 Å². The molecule has 1 saturated carbocycles. The average molecular weight is 211 g/mol. The molecule has 1 rings (SSSR count). The molecule has 1 aliphatic rings. The Kier molecular flexibility index (Phi) is 4.62. The Morgan fingerprint density at radius 1 is 1.27 bits per heavy atom. The highest BCUT2D eigenvalue weighted by Crippen LogP contribution is 2.37. The molecular weight excluding hydrogens is 186 g/mol. The van der Waals surface area contributed by atoms with Crippen molar-refractivity contribution in [2.75, 3.05) is 0 Å². The van der Waals surface area contributed by atoms with Crippen LogP contribution in [-0.2, 0) is 4.79 Å². The van der Waals surface area contributed by atoms with Crippen molar-refractivity contribution in [2.45, 2.75) is 52.9 Å². The van der Waals surface area contributed by atoms with Crippen LogP contribution in [0.25, 0.3) is 0 Å². The highest BCUT2D eigenvalue weighted by atomic mass is 16.1. The molecule has 0 radical (unpaired) electrons. The fourth-order valence-corrected chi connectivity index (χ4v) is 3.11. The van der Waals surface area contributed by atoms with E-state index in [0.29, 0.717) is 11.8 Å².